The number of hydrogen-bond donors (Lipinski definition) is 3. The maximum Gasteiger partial charge on any atom is 0.490 e. The summed E-state index contributed by atoms with van der Waals surface area (Å²) in [6.07, 6.45) is -1.14. The normalized spacial score (nSPS) is 19.8. The van der Waals surface area contributed by atoms with Crippen LogP contribution in [0.5, 0.6) is 0 Å². The fourth-order valence-corrected chi connectivity index (χ4v) is 3.43. The molecule has 3 N–H and O–H groups in total. The first-order valence-electron chi connectivity index (χ1n) is 9.26. The van der Waals surface area contributed by atoms with Crippen molar-refractivity contribution in [3.8, 4) is 0 Å². The largest absolute Gasteiger partial charge is 0.490 e. The summed E-state index contributed by atoms with van der Waals surface area (Å²) >= 11 is 0. The van der Waals surface area contributed by atoms with Crippen molar-refractivity contribution in [2.75, 3.05) is 37.6 Å². The van der Waals surface area contributed by atoms with Crippen LogP contribution in [0.15, 0.2) is 24.4 Å². The molecule has 11 heteroatoms. The van der Waals surface area contributed by atoms with Gasteiger partial charge in [0, 0.05) is 37.3 Å². The topological polar surface area (TPSA) is 102 Å². The number of piperazine rings is 1. The van der Waals surface area contributed by atoms with Gasteiger partial charge in [0.05, 0.1) is 17.8 Å². The number of carbonyl (C=O) groups excluding carboxylic acids is 1. The third kappa shape index (κ3) is 5.17. The van der Waals surface area contributed by atoms with Gasteiger partial charge in [-0.3, -0.25) is 9.89 Å². The second kappa shape index (κ2) is 8.68. The number of rotatable bonds is 2. The summed E-state index contributed by atoms with van der Waals surface area (Å²) in [5.41, 5.74) is 2.27. The number of hydrogen-bond acceptors (Lipinski definition) is 5. The molecule has 0 aliphatic carbocycles. The van der Waals surface area contributed by atoms with E-state index in [0.717, 1.165) is 56.5 Å². The standard InChI is InChI=1S/C16H21N5O.C2HF3O2/c22-16(15-2-1-5-17-15)21-8-6-20(7-9-21)13-3-4-14-12(10-13)11-18-19-14;3-2(4,5)1(6)7/h3-4,10-11,15,17H,1-2,5-9H2,(H,18,19);(H,6,7)/t15-;/m1./s1. The molecule has 2 saturated heterocycles. The van der Waals surface area contributed by atoms with Crippen LogP contribution in [-0.4, -0.2) is 77.0 Å². The maximum absolute atomic E-state index is 12.4. The van der Waals surface area contributed by atoms with Gasteiger partial charge < -0.3 is 20.2 Å². The minimum atomic E-state index is -5.08. The van der Waals surface area contributed by atoms with Gasteiger partial charge in [-0.25, -0.2) is 4.79 Å². The van der Waals surface area contributed by atoms with Gasteiger partial charge in [0.15, 0.2) is 0 Å². The first kappa shape index (κ1) is 20.9. The van der Waals surface area contributed by atoms with Gasteiger partial charge in [-0.05, 0) is 37.6 Å². The SMILES string of the molecule is O=C(O)C(F)(F)F.O=C([C@H]1CCCN1)N1CCN(c2ccc3[nH]ncc3c2)CC1. The fraction of sp³-hybridized carbons (Fsp3) is 0.500. The molecule has 2 aromatic rings. The molecule has 1 amide bonds. The van der Waals surface area contributed by atoms with Crippen molar-refractivity contribution < 1.29 is 27.9 Å². The number of benzene rings is 1. The number of aliphatic carboxylic acids is 1. The van der Waals surface area contributed by atoms with Crippen molar-refractivity contribution in [1.29, 1.82) is 0 Å². The Bertz CT molecular complexity index is 856. The average Bonchev–Trinajstić information content (AvgIpc) is 3.38. The van der Waals surface area contributed by atoms with Gasteiger partial charge in [0.25, 0.3) is 0 Å². The number of fused-ring (bicyclic) bond motifs is 1. The lowest BCUT2D eigenvalue weighted by atomic mass is 10.1. The number of aromatic amines is 1. The molecule has 2 fully saturated rings. The third-order valence-corrected chi connectivity index (χ3v) is 4.98. The number of nitrogens with zero attached hydrogens (tertiary/aromatic N) is 3. The number of carbonyl (C=O) groups is 2. The molecule has 29 heavy (non-hydrogen) atoms. The van der Waals surface area contributed by atoms with Crippen LogP contribution in [0.4, 0.5) is 18.9 Å². The van der Waals surface area contributed by atoms with Gasteiger partial charge in [0.2, 0.25) is 5.91 Å². The average molecular weight is 413 g/mol. The zero-order chi connectivity index (χ0) is 21.0. The third-order valence-electron chi connectivity index (χ3n) is 4.98. The predicted molar refractivity (Wildman–Crippen MR) is 99.6 cm³/mol. The molecule has 2 aliphatic heterocycles. The molecule has 0 radical (unpaired) electrons. The van der Waals surface area contributed by atoms with Crippen LogP contribution in [0.1, 0.15) is 12.8 Å². The number of carboxylic acids is 1. The van der Waals surface area contributed by atoms with Crippen LogP contribution in [0.25, 0.3) is 10.9 Å². The van der Waals surface area contributed by atoms with Crippen LogP contribution in [0.2, 0.25) is 0 Å². The number of alkyl halides is 3. The molecule has 4 rings (SSSR count). The van der Waals surface area contributed by atoms with E-state index in [9.17, 15) is 18.0 Å². The van der Waals surface area contributed by atoms with Gasteiger partial charge in [-0.1, -0.05) is 0 Å². The van der Waals surface area contributed by atoms with Gasteiger partial charge in [0.1, 0.15) is 0 Å². The molecule has 1 aromatic heterocycles. The summed E-state index contributed by atoms with van der Waals surface area (Å²) in [5.74, 6) is -2.48. The van der Waals surface area contributed by atoms with Crippen LogP contribution >= 0.6 is 0 Å². The number of aromatic nitrogens is 2. The number of amides is 1. The number of H-pyrrole nitrogens is 1. The number of nitrogens with one attached hydrogen (secondary N) is 2. The Labute approximate surface area is 164 Å². The Kier molecular flexibility index (Phi) is 6.26. The van der Waals surface area contributed by atoms with E-state index >= 15 is 0 Å². The second-order valence-electron chi connectivity index (χ2n) is 6.91. The molecular weight excluding hydrogens is 391 g/mol. The second-order valence-corrected chi connectivity index (χ2v) is 6.91. The molecule has 8 nitrogen and oxygen atoms in total. The molecule has 0 spiro atoms. The minimum absolute atomic E-state index is 0.0498. The zero-order valence-corrected chi connectivity index (χ0v) is 15.6. The molecular formula is C18H22F3N5O3. The highest BCUT2D eigenvalue weighted by atomic mass is 19.4. The Morgan fingerprint density at radius 1 is 1.17 bits per heavy atom. The van der Waals surface area contributed by atoms with Crippen molar-refractivity contribution in [3.63, 3.8) is 0 Å². The Balaban J connectivity index is 0.000000298. The highest BCUT2D eigenvalue weighted by molar-refractivity contribution is 5.83. The Hall–Kier alpha value is -2.82. The first-order chi connectivity index (χ1) is 13.8. The van der Waals surface area contributed by atoms with Gasteiger partial charge in [-0.2, -0.15) is 18.3 Å². The van der Waals surface area contributed by atoms with E-state index in [4.69, 9.17) is 9.90 Å². The summed E-state index contributed by atoms with van der Waals surface area (Å²) in [4.78, 5) is 25.7. The number of anilines is 1. The van der Waals surface area contributed by atoms with E-state index in [1.54, 1.807) is 0 Å². The highest BCUT2D eigenvalue weighted by Gasteiger charge is 2.38. The summed E-state index contributed by atoms with van der Waals surface area (Å²) in [6.45, 7) is 4.37. The van der Waals surface area contributed by atoms with E-state index in [2.05, 4.69) is 38.6 Å². The lowest BCUT2D eigenvalue weighted by Gasteiger charge is -2.37. The van der Waals surface area contributed by atoms with E-state index < -0.39 is 12.1 Å². The summed E-state index contributed by atoms with van der Waals surface area (Å²) in [5, 5.41) is 18.6. The van der Waals surface area contributed by atoms with Crippen LogP contribution in [0.3, 0.4) is 0 Å². The fourth-order valence-electron chi connectivity index (χ4n) is 3.43. The lowest BCUT2D eigenvalue weighted by molar-refractivity contribution is -0.192. The van der Waals surface area contributed by atoms with Crippen molar-refractivity contribution in [1.82, 2.24) is 20.4 Å². The van der Waals surface area contributed by atoms with Crippen molar-refractivity contribution in [2.24, 2.45) is 0 Å². The molecule has 1 aromatic carbocycles. The van der Waals surface area contributed by atoms with E-state index in [-0.39, 0.29) is 11.9 Å². The molecule has 1 atom stereocenters. The summed E-state index contributed by atoms with van der Waals surface area (Å²) in [6, 6.07) is 6.40. The molecule has 2 aliphatic rings. The number of halogens is 3. The Morgan fingerprint density at radius 3 is 2.45 bits per heavy atom. The Morgan fingerprint density at radius 2 is 1.86 bits per heavy atom. The molecule has 158 valence electrons. The van der Waals surface area contributed by atoms with E-state index in [0.29, 0.717) is 0 Å². The van der Waals surface area contributed by atoms with Crippen molar-refractivity contribution in [2.45, 2.75) is 25.1 Å². The van der Waals surface area contributed by atoms with Crippen LogP contribution in [-0.2, 0) is 9.59 Å². The smallest absolute Gasteiger partial charge is 0.475 e. The summed E-state index contributed by atoms with van der Waals surface area (Å²) < 4.78 is 31.7. The van der Waals surface area contributed by atoms with Crippen LogP contribution < -0.4 is 10.2 Å². The molecule has 3 heterocycles. The molecule has 0 bridgehead atoms. The van der Waals surface area contributed by atoms with Crippen molar-refractivity contribution >= 4 is 28.5 Å². The van der Waals surface area contributed by atoms with E-state index in [1.165, 1.54) is 5.69 Å². The quantitative estimate of drug-likeness (QED) is 0.691. The lowest BCUT2D eigenvalue weighted by Crippen LogP contribution is -2.53. The molecule has 0 saturated carbocycles. The highest BCUT2D eigenvalue weighted by Crippen LogP contribution is 2.22. The summed E-state index contributed by atoms with van der Waals surface area (Å²) in [7, 11) is 0. The molecule has 0 unspecified atom stereocenters. The van der Waals surface area contributed by atoms with Gasteiger partial charge in [-0.15, -0.1) is 0 Å². The monoisotopic (exact) mass is 413 g/mol. The van der Waals surface area contributed by atoms with Gasteiger partial charge >= 0.3 is 12.1 Å². The van der Waals surface area contributed by atoms with Crippen molar-refractivity contribution in [3.05, 3.63) is 24.4 Å². The van der Waals surface area contributed by atoms with Crippen LogP contribution in [0, 0.1) is 0 Å². The zero-order valence-electron chi connectivity index (χ0n) is 15.6. The van der Waals surface area contributed by atoms with E-state index in [1.807, 2.05) is 11.1 Å². The first-order valence-corrected chi connectivity index (χ1v) is 9.26. The minimum Gasteiger partial charge on any atom is -0.475 e. The predicted octanol–water partition coefficient (Wildman–Crippen LogP) is 1.60. The maximum atomic E-state index is 12.4. The number of carboxylic acid groups (broad SMARTS) is 1.